The molecule has 15 heavy (non-hydrogen) atoms. The first-order valence-corrected chi connectivity index (χ1v) is 4.34. The molecule has 0 aliphatic heterocycles. The second-order valence-corrected chi connectivity index (χ2v) is 2.45. The molecule has 0 heterocycles. The lowest BCUT2D eigenvalue weighted by Crippen LogP contribution is -2.17. The summed E-state index contributed by atoms with van der Waals surface area (Å²) >= 11 is 0. The smallest absolute Gasteiger partial charge is 0.434 e. The van der Waals surface area contributed by atoms with Crippen LogP contribution >= 0.6 is 0 Å². The molecule has 0 aliphatic carbocycles. The van der Waals surface area contributed by atoms with Gasteiger partial charge in [-0.2, -0.15) is 0 Å². The molecule has 0 saturated heterocycles. The molecule has 1 aromatic carbocycles. The fourth-order valence-electron chi connectivity index (χ4n) is 0.821. The molecule has 0 fully saturated rings. The Kier molecular flexibility index (Phi) is 4.15. The van der Waals surface area contributed by atoms with Crippen LogP contribution in [0.25, 0.3) is 0 Å². The number of para-hydroxylation sites is 1. The number of rotatable bonds is 2. The lowest BCUT2D eigenvalue weighted by atomic mass is 10.3. The van der Waals surface area contributed by atoms with E-state index in [1.54, 1.807) is 37.3 Å². The maximum atomic E-state index is 11.0. The Morgan fingerprint density at radius 2 is 1.80 bits per heavy atom. The van der Waals surface area contributed by atoms with E-state index in [4.69, 9.17) is 0 Å². The molecule has 0 saturated carbocycles. The summed E-state index contributed by atoms with van der Waals surface area (Å²) in [5.74, 6) is 0.298. The van der Waals surface area contributed by atoms with Crippen molar-refractivity contribution in [3.05, 3.63) is 30.3 Å². The minimum Gasteiger partial charge on any atom is -0.434 e. The highest BCUT2D eigenvalue weighted by atomic mass is 16.8. The van der Waals surface area contributed by atoms with Gasteiger partial charge in [0, 0.05) is 0 Å². The number of carbonyl (C=O) groups excluding carboxylic acids is 2. The second-order valence-electron chi connectivity index (χ2n) is 2.45. The Morgan fingerprint density at radius 3 is 2.40 bits per heavy atom. The van der Waals surface area contributed by atoms with Crippen molar-refractivity contribution in [1.82, 2.24) is 0 Å². The molecule has 0 aromatic heterocycles. The molecule has 5 nitrogen and oxygen atoms in total. The third-order valence-electron chi connectivity index (χ3n) is 1.37. The molecular weight excluding hydrogens is 200 g/mol. The van der Waals surface area contributed by atoms with Crippen LogP contribution in [0.3, 0.4) is 0 Å². The molecule has 0 aliphatic rings. The molecule has 0 atom stereocenters. The Bertz CT molecular complexity index is 333. The highest BCUT2D eigenvalue weighted by molar-refractivity contribution is 5.78. The van der Waals surface area contributed by atoms with Crippen LogP contribution in [-0.2, 0) is 9.47 Å². The molecule has 1 rings (SSSR count). The average molecular weight is 210 g/mol. The van der Waals surface area contributed by atoms with Gasteiger partial charge in [0.2, 0.25) is 0 Å². The minimum absolute atomic E-state index is 0.136. The van der Waals surface area contributed by atoms with Crippen molar-refractivity contribution in [3.8, 4) is 5.75 Å². The first kappa shape index (κ1) is 11.0. The normalized spacial score (nSPS) is 9.13. The summed E-state index contributed by atoms with van der Waals surface area (Å²) in [6, 6.07) is 8.27. The first-order chi connectivity index (χ1) is 7.22. The average Bonchev–Trinajstić information content (AvgIpc) is 2.19. The predicted octanol–water partition coefficient (Wildman–Crippen LogP) is 2.36. The summed E-state index contributed by atoms with van der Waals surface area (Å²) in [6.07, 6.45) is -2.18. The Morgan fingerprint density at radius 1 is 1.13 bits per heavy atom. The van der Waals surface area contributed by atoms with Gasteiger partial charge in [-0.05, 0) is 19.1 Å². The van der Waals surface area contributed by atoms with E-state index in [1.165, 1.54) is 0 Å². The third kappa shape index (κ3) is 4.12. The lowest BCUT2D eigenvalue weighted by Gasteiger charge is -2.03. The van der Waals surface area contributed by atoms with E-state index in [2.05, 4.69) is 14.2 Å². The Hall–Kier alpha value is -2.04. The third-order valence-corrected chi connectivity index (χ3v) is 1.37. The van der Waals surface area contributed by atoms with Gasteiger partial charge in [-0.25, -0.2) is 9.59 Å². The number of hydrogen-bond acceptors (Lipinski definition) is 5. The van der Waals surface area contributed by atoms with E-state index in [-0.39, 0.29) is 6.61 Å². The quantitative estimate of drug-likeness (QED) is 0.426. The standard InChI is InChI=1S/C10H10O5/c1-2-13-9(11)15-10(12)14-8-6-4-3-5-7-8/h3-7H,2H2,1H3. The summed E-state index contributed by atoms with van der Waals surface area (Å²) in [4.78, 5) is 21.7. The van der Waals surface area contributed by atoms with Gasteiger partial charge in [0.1, 0.15) is 5.75 Å². The van der Waals surface area contributed by atoms with Crippen LogP contribution in [-0.4, -0.2) is 18.9 Å². The summed E-state index contributed by atoms with van der Waals surface area (Å²) in [6.45, 7) is 1.74. The van der Waals surface area contributed by atoms with Gasteiger partial charge in [-0.1, -0.05) is 18.2 Å². The zero-order chi connectivity index (χ0) is 11.1. The van der Waals surface area contributed by atoms with Crippen molar-refractivity contribution in [2.75, 3.05) is 6.61 Å². The van der Waals surface area contributed by atoms with Gasteiger partial charge < -0.3 is 14.2 Å². The van der Waals surface area contributed by atoms with Crippen molar-refractivity contribution in [2.45, 2.75) is 6.92 Å². The van der Waals surface area contributed by atoms with Gasteiger partial charge in [0.15, 0.2) is 0 Å². The molecule has 1 aromatic rings. The van der Waals surface area contributed by atoms with Gasteiger partial charge in [0.25, 0.3) is 0 Å². The molecule has 0 bridgehead atoms. The first-order valence-electron chi connectivity index (χ1n) is 4.34. The Labute approximate surface area is 86.6 Å². The fourth-order valence-corrected chi connectivity index (χ4v) is 0.821. The summed E-state index contributed by atoms with van der Waals surface area (Å²) in [7, 11) is 0. The predicted molar refractivity (Wildman–Crippen MR) is 50.6 cm³/mol. The van der Waals surface area contributed by atoms with Gasteiger partial charge in [-0.15, -0.1) is 0 Å². The van der Waals surface area contributed by atoms with Crippen molar-refractivity contribution in [3.63, 3.8) is 0 Å². The lowest BCUT2D eigenvalue weighted by molar-refractivity contribution is 0.0611. The SMILES string of the molecule is CCOC(=O)OC(=O)Oc1ccccc1. The van der Waals surface area contributed by atoms with E-state index >= 15 is 0 Å². The fraction of sp³-hybridized carbons (Fsp3) is 0.200. The molecule has 0 N–H and O–H groups in total. The number of benzene rings is 1. The van der Waals surface area contributed by atoms with Crippen molar-refractivity contribution >= 4 is 12.3 Å². The van der Waals surface area contributed by atoms with Gasteiger partial charge in [-0.3, -0.25) is 0 Å². The monoisotopic (exact) mass is 210 g/mol. The van der Waals surface area contributed by atoms with Crippen LogP contribution in [0.15, 0.2) is 30.3 Å². The van der Waals surface area contributed by atoms with E-state index < -0.39 is 12.3 Å². The zero-order valence-electron chi connectivity index (χ0n) is 8.14. The molecular formula is C10H10O5. The van der Waals surface area contributed by atoms with Crippen LogP contribution < -0.4 is 4.74 Å². The van der Waals surface area contributed by atoms with Crippen molar-refractivity contribution < 1.29 is 23.8 Å². The highest BCUT2D eigenvalue weighted by Gasteiger charge is 2.12. The van der Waals surface area contributed by atoms with E-state index in [0.29, 0.717) is 5.75 Å². The summed E-state index contributed by atoms with van der Waals surface area (Å²) in [5, 5.41) is 0. The van der Waals surface area contributed by atoms with Crippen LogP contribution in [0.1, 0.15) is 6.92 Å². The second kappa shape index (κ2) is 5.64. The number of carbonyl (C=O) groups is 2. The Balaban J connectivity index is 2.40. The molecule has 0 radical (unpaired) electrons. The van der Waals surface area contributed by atoms with Crippen molar-refractivity contribution in [2.24, 2.45) is 0 Å². The highest BCUT2D eigenvalue weighted by Crippen LogP contribution is 2.09. The molecule has 0 unspecified atom stereocenters. The minimum atomic E-state index is -1.11. The van der Waals surface area contributed by atoms with E-state index in [0.717, 1.165) is 0 Å². The summed E-state index contributed by atoms with van der Waals surface area (Å²) in [5.41, 5.74) is 0. The zero-order valence-corrected chi connectivity index (χ0v) is 8.14. The number of hydrogen-bond donors (Lipinski definition) is 0. The maximum absolute atomic E-state index is 11.0. The maximum Gasteiger partial charge on any atom is 0.524 e. The van der Waals surface area contributed by atoms with Crippen LogP contribution in [0.4, 0.5) is 9.59 Å². The molecule has 5 heteroatoms. The summed E-state index contributed by atoms with van der Waals surface area (Å²) < 4.78 is 13.2. The van der Waals surface area contributed by atoms with Crippen molar-refractivity contribution in [1.29, 1.82) is 0 Å². The molecule has 80 valence electrons. The van der Waals surface area contributed by atoms with Crippen LogP contribution in [0.2, 0.25) is 0 Å². The van der Waals surface area contributed by atoms with E-state index in [1.807, 2.05) is 0 Å². The van der Waals surface area contributed by atoms with Crippen LogP contribution in [0.5, 0.6) is 5.75 Å². The topological polar surface area (TPSA) is 61.8 Å². The van der Waals surface area contributed by atoms with E-state index in [9.17, 15) is 9.59 Å². The van der Waals surface area contributed by atoms with Gasteiger partial charge >= 0.3 is 12.3 Å². The van der Waals surface area contributed by atoms with Crippen LogP contribution in [0, 0.1) is 0 Å². The largest absolute Gasteiger partial charge is 0.524 e. The number of ether oxygens (including phenoxy) is 3. The molecule has 0 amide bonds. The molecule has 0 spiro atoms. The van der Waals surface area contributed by atoms with Gasteiger partial charge in [0.05, 0.1) is 6.61 Å².